The Balaban J connectivity index is 0.000000222. The Morgan fingerprint density at radius 1 is 0.810 bits per heavy atom. The average Bonchev–Trinajstić information content (AvgIpc) is 3.36. The van der Waals surface area contributed by atoms with Crippen molar-refractivity contribution in [2.24, 2.45) is 0 Å². The third-order valence-electron chi connectivity index (χ3n) is 7.15. The van der Waals surface area contributed by atoms with E-state index in [9.17, 15) is 0 Å². The number of nitrogens with zero attached hydrogens (tertiary/aromatic N) is 2. The van der Waals surface area contributed by atoms with E-state index >= 15 is 0 Å². The Hall–Kier alpha value is -3.37. The van der Waals surface area contributed by atoms with E-state index in [4.69, 9.17) is 8.53 Å². The maximum absolute atomic E-state index is 7.52. The van der Waals surface area contributed by atoms with Crippen molar-refractivity contribution in [1.29, 1.82) is 0 Å². The third kappa shape index (κ3) is 6.81. The Morgan fingerprint density at radius 3 is 2.10 bits per heavy atom. The van der Waals surface area contributed by atoms with E-state index in [0.717, 1.165) is 38.8 Å². The second-order valence-corrected chi connectivity index (χ2v) is 17.6. The number of aryl methyl sites for hydroxylation is 2. The van der Waals surface area contributed by atoms with Crippen LogP contribution in [0.15, 0.2) is 89.6 Å². The van der Waals surface area contributed by atoms with Gasteiger partial charge in [0.2, 0.25) is 0 Å². The molecule has 6 aromatic rings. The summed E-state index contributed by atoms with van der Waals surface area (Å²) in [7, 11) is -1.62. The predicted octanol–water partition coefficient (Wildman–Crippen LogP) is 9.45. The minimum atomic E-state index is -2.16. The Kier molecular flexibility index (Phi) is 8.15. The molecule has 0 amide bonds. The van der Waals surface area contributed by atoms with E-state index < -0.39 is 14.9 Å². The standard InChI is InChI=1S/C21H20NOSi.C16H18N.Ir/c1-14-9-11-17(22-13-14)15-10-12-19(24(2,3)4)20-16-7-5-6-8-18(16)23-21(15)20;1-12-5-10-15(17-11-12)13-6-8-14(9-7-13)16(2,3)4;/h5-9,11-13H,1-4H3;5-6,8-11H,1-4H3;/q2*-1;/i1D3;;. The maximum Gasteiger partial charge on any atom is 0.120 e. The van der Waals surface area contributed by atoms with Crippen LogP contribution in [0.4, 0.5) is 0 Å². The van der Waals surface area contributed by atoms with Gasteiger partial charge in [0.15, 0.2) is 0 Å². The van der Waals surface area contributed by atoms with Crippen molar-refractivity contribution < 1.29 is 28.6 Å². The van der Waals surface area contributed by atoms with Crippen LogP contribution in [0.1, 0.15) is 41.6 Å². The van der Waals surface area contributed by atoms with Gasteiger partial charge in [-0.3, -0.25) is 0 Å². The van der Waals surface area contributed by atoms with Gasteiger partial charge in [0, 0.05) is 50.1 Å². The van der Waals surface area contributed by atoms with Crippen molar-refractivity contribution in [3.05, 3.63) is 114 Å². The molecule has 217 valence electrons. The smallest absolute Gasteiger partial charge is 0.120 e. The number of aromatic nitrogens is 2. The van der Waals surface area contributed by atoms with Crippen molar-refractivity contribution in [3.8, 4) is 22.5 Å². The Bertz CT molecular complexity index is 1900. The zero-order valence-electron chi connectivity index (χ0n) is 28.2. The molecule has 3 heterocycles. The monoisotopic (exact) mass is 750 g/mol. The molecule has 3 nitrogen and oxygen atoms in total. The molecule has 0 saturated carbocycles. The fourth-order valence-electron chi connectivity index (χ4n) is 4.77. The van der Waals surface area contributed by atoms with E-state index in [1.807, 2.05) is 37.4 Å². The van der Waals surface area contributed by atoms with Crippen molar-refractivity contribution in [2.75, 3.05) is 0 Å². The topological polar surface area (TPSA) is 38.9 Å². The first-order chi connectivity index (χ1) is 20.6. The Labute approximate surface area is 269 Å². The Morgan fingerprint density at radius 2 is 1.50 bits per heavy atom. The van der Waals surface area contributed by atoms with Crippen molar-refractivity contribution in [2.45, 2.75) is 59.6 Å². The van der Waals surface area contributed by atoms with E-state index in [1.54, 1.807) is 12.1 Å². The molecule has 6 rings (SSSR count). The van der Waals surface area contributed by atoms with Crippen LogP contribution in [0, 0.1) is 25.9 Å². The van der Waals surface area contributed by atoms with Crippen LogP contribution in [0.5, 0.6) is 0 Å². The summed E-state index contributed by atoms with van der Waals surface area (Å²) in [6.07, 6.45) is 3.30. The first-order valence-electron chi connectivity index (χ1n) is 15.4. The number of furan rings is 1. The summed E-state index contributed by atoms with van der Waals surface area (Å²) in [6, 6.07) is 30.5. The number of hydrogen-bond donors (Lipinski definition) is 0. The zero-order chi connectivity index (χ0) is 31.9. The summed E-state index contributed by atoms with van der Waals surface area (Å²) in [5.74, 6) is 0. The third-order valence-corrected chi connectivity index (χ3v) is 9.16. The van der Waals surface area contributed by atoms with Crippen LogP contribution in [-0.4, -0.2) is 18.0 Å². The SMILES string of the molecule is Cc1ccc(-c2[c-]cc(C(C)(C)C)cc2)nc1.[2H]C([2H])([2H])c1ccc(-c2[c-]cc([Si](C)(C)C)c3c2oc2ccccc23)nc1.[Ir]. The molecule has 42 heavy (non-hydrogen) atoms. The van der Waals surface area contributed by atoms with Gasteiger partial charge in [-0.15, -0.1) is 52.7 Å². The van der Waals surface area contributed by atoms with Crippen LogP contribution >= 0.6 is 0 Å². The fraction of sp³-hybridized carbons (Fsp3) is 0.243. The molecule has 1 radical (unpaired) electrons. The van der Waals surface area contributed by atoms with Gasteiger partial charge >= 0.3 is 0 Å². The zero-order valence-corrected chi connectivity index (χ0v) is 28.6. The molecule has 0 bridgehead atoms. The summed E-state index contributed by atoms with van der Waals surface area (Å²) < 4.78 is 28.8. The molecular weight excluding hydrogens is 709 g/mol. The average molecular weight is 750 g/mol. The number of para-hydroxylation sites is 1. The second kappa shape index (κ2) is 12.5. The van der Waals surface area contributed by atoms with Crippen molar-refractivity contribution in [3.63, 3.8) is 0 Å². The van der Waals surface area contributed by atoms with E-state index in [1.165, 1.54) is 22.5 Å². The predicted molar refractivity (Wildman–Crippen MR) is 175 cm³/mol. The molecule has 0 saturated heterocycles. The van der Waals surface area contributed by atoms with Crippen LogP contribution < -0.4 is 5.19 Å². The largest absolute Gasteiger partial charge is 0.501 e. The normalized spacial score (nSPS) is 13.0. The number of rotatable bonds is 3. The summed E-state index contributed by atoms with van der Waals surface area (Å²) in [6.45, 7) is 13.4. The fourth-order valence-corrected chi connectivity index (χ4v) is 6.28. The van der Waals surface area contributed by atoms with Gasteiger partial charge in [-0.25, -0.2) is 0 Å². The summed E-state index contributed by atoms with van der Waals surface area (Å²) in [5.41, 5.74) is 7.95. The summed E-state index contributed by atoms with van der Waals surface area (Å²) in [4.78, 5) is 8.80. The van der Waals surface area contributed by atoms with E-state index in [2.05, 4.69) is 98.9 Å². The minimum Gasteiger partial charge on any atom is -0.501 e. The molecule has 0 fully saturated rings. The van der Waals surface area contributed by atoms with Crippen LogP contribution in [0.3, 0.4) is 0 Å². The van der Waals surface area contributed by atoms with Gasteiger partial charge in [0.25, 0.3) is 0 Å². The van der Waals surface area contributed by atoms with Gasteiger partial charge < -0.3 is 14.4 Å². The van der Waals surface area contributed by atoms with Crippen LogP contribution in [0.25, 0.3) is 44.5 Å². The van der Waals surface area contributed by atoms with E-state index in [0.29, 0.717) is 5.69 Å². The van der Waals surface area contributed by atoms with Crippen LogP contribution in [0.2, 0.25) is 19.6 Å². The van der Waals surface area contributed by atoms with Crippen LogP contribution in [-0.2, 0) is 25.5 Å². The second-order valence-electron chi connectivity index (χ2n) is 12.5. The molecule has 0 aliphatic rings. The van der Waals surface area contributed by atoms with Gasteiger partial charge in [-0.05, 0) is 47.8 Å². The van der Waals surface area contributed by atoms with Gasteiger partial charge in [-0.1, -0.05) is 93.8 Å². The van der Waals surface area contributed by atoms with E-state index in [-0.39, 0.29) is 31.1 Å². The molecule has 0 N–H and O–H groups in total. The number of pyridine rings is 2. The molecular formula is C37H38IrN2OSi-2. The first kappa shape index (κ1) is 27.5. The molecule has 0 aliphatic carbocycles. The quantitative estimate of drug-likeness (QED) is 0.134. The number of hydrogen-bond acceptors (Lipinski definition) is 3. The summed E-state index contributed by atoms with van der Waals surface area (Å²) in [5, 5.41) is 3.52. The molecule has 0 unspecified atom stereocenters. The van der Waals surface area contributed by atoms with Crippen molar-refractivity contribution >= 4 is 35.2 Å². The minimum absolute atomic E-state index is 0. The molecule has 0 aliphatic heterocycles. The molecule has 3 aromatic carbocycles. The van der Waals surface area contributed by atoms with Crippen molar-refractivity contribution in [1.82, 2.24) is 9.97 Å². The number of fused-ring (bicyclic) bond motifs is 3. The number of benzene rings is 3. The molecule has 0 atom stereocenters. The van der Waals surface area contributed by atoms with Gasteiger partial charge in [-0.2, -0.15) is 0 Å². The molecule has 3 aromatic heterocycles. The summed E-state index contributed by atoms with van der Waals surface area (Å²) >= 11 is 0. The molecule has 0 spiro atoms. The van der Waals surface area contributed by atoms with Gasteiger partial charge in [0.1, 0.15) is 5.58 Å². The molecule has 5 heteroatoms. The maximum atomic E-state index is 7.52. The van der Waals surface area contributed by atoms with Gasteiger partial charge in [0.05, 0.1) is 5.58 Å². The first-order valence-corrected chi connectivity index (χ1v) is 17.4.